The SMILES string of the molecule is Cc1nc(C(=O)N2CCCC[C@H]2CCC(=O)O)nn1-c1ccccc1Cl. The maximum absolute atomic E-state index is 12.9. The van der Waals surface area contributed by atoms with Crippen molar-refractivity contribution >= 4 is 23.5 Å². The summed E-state index contributed by atoms with van der Waals surface area (Å²) in [5, 5.41) is 13.8. The number of carboxylic acid groups (broad SMARTS) is 1. The zero-order valence-electron chi connectivity index (χ0n) is 14.6. The monoisotopic (exact) mass is 376 g/mol. The van der Waals surface area contributed by atoms with Gasteiger partial charge in [-0.05, 0) is 44.7 Å². The maximum Gasteiger partial charge on any atom is 0.303 e. The van der Waals surface area contributed by atoms with Crippen molar-refractivity contribution in [2.24, 2.45) is 0 Å². The lowest BCUT2D eigenvalue weighted by Crippen LogP contribution is -2.44. The second-order valence-corrected chi connectivity index (χ2v) is 6.83. The van der Waals surface area contributed by atoms with Crippen LogP contribution in [0.15, 0.2) is 24.3 Å². The Morgan fingerprint density at radius 1 is 1.31 bits per heavy atom. The number of aliphatic carboxylic acids is 1. The van der Waals surface area contributed by atoms with Gasteiger partial charge < -0.3 is 10.0 Å². The second kappa shape index (κ2) is 7.86. The first-order chi connectivity index (χ1) is 12.5. The summed E-state index contributed by atoms with van der Waals surface area (Å²) in [7, 11) is 0. The number of benzene rings is 1. The highest BCUT2D eigenvalue weighted by Gasteiger charge is 2.30. The number of nitrogens with zero attached hydrogens (tertiary/aromatic N) is 4. The van der Waals surface area contributed by atoms with E-state index in [-0.39, 0.29) is 24.2 Å². The zero-order chi connectivity index (χ0) is 18.7. The van der Waals surface area contributed by atoms with Gasteiger partial charge in [0.05, 0.1) is 10.7 Å². The molecule has 138 valence electrons. The van der Waals surface area contributed by atoms with E-state index in [0.717, 1.165) is 19.3 Å². The van der Waals surface area contributed by atoms with Crippen LogP contribution in [0, 0.1) is 6.92 Å². The quantitative estimate of drug-likeness (QED) is 0.866. The molecule has 0 saturated carbocycles. The molecule has 2 aromatic rings. The number of aryl methyl sites for hydroxylation is 1. The first-order valence-corrected chi connectivity index (χ1v) is 9.06. The molecule has 7 nitrogen and oxygen atoms in total. The summed E-state index contributed by atoms with van der Waals surface area (Å²) in [5.41, 5.74) is 0.666. The van der Waals surface area contributed by atoms with Gasteiger partial charge in [0.15, 0.2) is 0 Å². The Morgan fingerprint density at radius 2 is 2.08 bits per heavy atom. The van der Waals surface area contributed by atoms with Crippen LogP contribution in [0.5, 0.6) is 0 Å². The van der Waals surface area contributed by atoms with Crippen molar-refractivity contribution in [1.82, 2.24) is 19.7 Å². The predicted octanol–water partition coefficient (Wildman–Crippen LogP) is 3.09. The van der Waals surface area contributed by atoms with Gasteiger partial charge in [-0.1, -0.05) is 23.7 Å². The van der Waals surface area contributed by atoms with E-state index in [2.05, 4.69) is 10.1 Å². The molecule has 1 N–H and O–H groups in total. The van der Waals surface area contributed by atoms with Gasteiger partial charge in [0, 0.05) is 19.0 Å². The minimum absolute atomic E-state index is 0.0506. The Bertz CT molecular complexity index is 821. The Hall–Kier alpha value is -2.41. The number of amides is 1. The molecular weight excluding hydrogens is 356 g/mol. The molecule has 1 aliphatic heterocycles. The van der Waals surface area contributed by atoms with Crippen molar-refractivity contribution in [3.63, 3.8) is 0 Å². The van der Waals surface area contributed by atoms with Crippen LogP contribution in [-0.4, -0.2) is 49.2 Å². The summed E-state index contributed by atoms with van der Waals surface area (Å²) in [6.45, 7) is 2.37. The molecule has 26 heavy (non-hydrogen) atoms. The zero-order valence-corrected chi connectivity index (χ0v) is 15.3. The van der Waals surface area contributed by atoms with E-state index in [0.29, 0.717) is 29.5 Å². The number of rotatable bonds is 5. The third-order valence-electron chi connectivity index (χ3n) is 4.62. The number of para-hydroxylation sites is 1. The lowest BCUT2D eigenvalue weighted by atomic mass is 9.98. The van der Waals surface area contributed by atoms with Gasteiger partial charge in [-0.15, -0.1) is 5.10 Å². The van der Waals surface area contributed by atoms with Gasteiger partial charge >= 0.3 is 5.97 Å². The number of carbonyl (C=O) groups is 2. The summed E-state index contributed by atoms with van der Waals surface area (Å²) in [6, 6.07) is 7.15. The number of piperidine rings is 1. The minimum atomic E-state index is -0.847. The Labute approximate surface area is 156 Å². The van der Waals surface area contributed by atoms with E-state index in [9.17, 15) is 9.59 Å². The fourth-order valence-electron chi connectivity index (χ4n) is 3.32. The van der Waals surface area contributed by atoms with E-state index in [1.807, 2.05) is 18.2 Å². The molecule has 1 atom stereocenters. The number of carboxylic acids is 1. The van der Waals surface area contributed by atoms with Crippen molar-refractivity contribution in [2.75, 3.05) is 6.54 Å². The molecule has 0 radical (unpaired) electrons. The first kappa shape index (κ1) is 18.4. The van der Waals surface area contributed by atoms with Crippen molar-refractivity contribution in [2.45, 2.75) is 45.1 Å². The maximum atomic E-state index is 12.9. The van der Waals surface area contributed by atoms with Crippen molar-refractivity contribution in [3.8, 4) is 5.69 Å². The van der Waals surface area contributed by atoms with Crippen LogP contribution in [-0.2, 0) is 4.79 Å². The van der Waals surface area contributed by atoms with Crippen LogP contribution < -0.4 is 0 Å². The van der Waals surface area contributed by atoms with Gasteiger partial charge in [0.25, 0.3) is 5.91 Å². The fourth-order valence-corrected chi connectivity index (χ4v) is 3.53. The second-order valence-electron chi connectivity index (χ2n) is 6.43. The molecule has 0 bridgehead atoms. The third kappa shape index (κ3) is 3.88. The largest absolute Gasteiger partial charge is 0.481 e. The van der Waals surface area contributed by atoms with Crippen molar-refractivity contribution < 1.29 is 14.7 Å². The molecule has 0 aliphatic carbocycles. The van der Waals surface area contributed by atoms with E-state index in [1.165, 1.54) is 0 Å². The lowest BCUT2D eigenvalue weighted by Gasteiger charge is -2.34. The van der Waals surface area contributed by atoms with E-state index < -0.39 is 5.97 Å². The highest BCUT2D eigenvalue weighted by Crippen LogP contribution is 2.24. The fraction of sp³-hybridized carbons (Fsp3) is 0.444. The summed E-state index contributed by atoms with van der Waals surface area (Å²) < 4.78 is 1.56. The summed E-state index contributed by atoms with van der Waals surface area (Å²) in [4.78, 5) is 29.9. The van der Waals surface area contributed by atoms with Gasteiger partial charge in [-0.2, -0.15) is 0 Å². The van der Waals surface area contributed by atoms with Crippen molar-refractivity contribution in [1.29, 1.82) is 0 Å². The van der Waals surface area contributed by atoms with E-state index in [1.54, 1.807) is 22.6 Å². The van der Waals surface area contributed by atoms with Crippen LogP contribution in [0.4, 0.5) is 0 Å². The predicted molar refractivity (Wildman–Crippen MR) is 96.7 cm³/mol. The van der Waals surface area contributed by atoms with Crippen LogP contribution in [0.2, 0.25) is 5.02 Å². The third-order valence-corrected chi connectivity index (χ3v) is 4.94. The Kier molecular flexibility index (Phi) is 5.56. The number of halogens is 1. The van der Waals surface area contributed by atoms with Gasteiger partial charge in [0.2, 0.25) is 5.82 Å². The molecule has 0 unspecified atom stereocenters. The molecule has 2 heterocycles. The number of aromatic nitrogens is 3. The van der Waals surface area contributed by atoms with E-state index in [4.69, 9.17) is 16.7 Å². The van der Waals surface area contributed by atoms with Gasteiger partial charge in [-0.25, -0.2) is 9.67 Å². The molecule has 0 spiro atoms. The molecule has 3 rings (SSSR count). The Balaban J connectivity index is 1.84. The number of likely N-dealkylation sites (tertiary alicyclic amines) is 1. The van der Waals surface area contributed by atoms with E-state index >= 15 is 0 Å². The molecule has 1 saturated heterocycles. The molecule has 1 aromatic carbocycles. The minimum Gasteiger partial charge on any atom is -0.481 e. The number of hydrogen-bond acceptors (Lipinski definition) is 4. The highest BCUT2D eigenvalue weighted by atomic mass is 35.5. The molecule has 1 amide bonds. The Morgan fingerprint density at radius 3 is 2.81 bits per heavy atom. The average molecular weight is 377 g/mol. The number of hydrogen-bond donors (Lipinski definition) is 1. The summed E-state index contributed by atoms with van der Waals surface area (Å²) >= 11 is 6.22. The molecule has 8 heteroatoms. The summed E-state index contributed by atoms with van der Waals surface area (Å²) in [6.07, 6.45) is 3.21. The number of carbonyl (C=O) groups excluding carboxylic acids is 1. The average Bonchev–Trinajstić information content (AvgIpc) is 3.01. The van der Waals surface area contributed by atoms with Crippen LogP contribution in [0.1, 0.15) is 48.5 Å². The molecule has 1 aromatic heterocycles. The topological polar surface area (TPSA) is 88.3 Å². The van der Waals surface area contributed by atoms with Crippen LogP contribution >= 0.6 is 11.6 Å². The molecular formula is C18H21ClN4O3. The lowest BCUT2D eigenvalue weighted by molar-refractivity contribution is -0.137. The standard InChI is InChI=1S/C18H21ClN4O3/c1-12-20-17(21-23(12)15-8-3-2-7-14(15)19)18(26)22-11-5-4-6-13(22)9-10-16(24)25/h2-3,7-8,13H,4-6,9-11H2,1H3,(H,24,25)/t13-/m0/s1. The highest BCUT2D eigenvalue weighted by molar-refractivity contribution is 6.32. The smallest absolute Gasteiger partial charge is 0.303 e. The molecule has 1 aliphatic rings. The van der Waals surface area contributed by atoms with Crippen LogP contribution in [0.3, 0.4) is 0 Å². The normalized spacial score (nSPS) is 17.3. The van der Waals surface area contributed by atoms with Crippen molar-refractivity contribution in [3.05, 3.63) is 40.9 Å². The van der Waals surface area contributed by atoms with Gasteiger partial charge in [-0.3, -0.25) is 9.59 Å². The van der Waals surface area contributed by atoms with Gasteiger partial charge in [0.1, 0.15) is 5.82 Å². The molecule has 1 fully saturated rings. The first-order valence-electron chi connectivity index (χ1n) is 8.68. The van der Waals surface area contributed by atoms with Crippen LogP contribution in [0.25, 0.3) is 5.69 Å². The summed E-state index contributed by atoms with van der Waals surface area (Å²) in [5.74, 6) is -0.417.